The van der Waals surface area contributed by atoms with Gasteiger partial charge in [0.25, 0.3) is 0 Å². The zero-order valence-corrected chi connectivity index (χ0v) is 13.2. The summed E-state index contributed by atoms with van der Waals surface area (Å²) in [5, 5.41) is 3.57. The van der Waals surface area contributed by atoms with Gasteiger partial charge in [0.1, 0.15) is 5.82 Å². The molecule has 1 fully saturated rings. The van der Waals surface area contributed by atoms with Gasteiger partial charge in [-0.15, -0.1) is 0 Å². The molecule has 106 valence electrons. The fourth-order valence-corrected chi connectivity index (χ4v) is 3.02. The second-order valence-corrected chi connectivity index (χ2v) is 6.59. The van der Waals surface area contributed by atoms with Crippen LogP contribution in [0.5, 0.6) is 0 Å². The van der Waals surface area contributed by atoms with Gasteiger partial charge in [-0.05, 0) is 43.5 Å². The van der Waals surface area contributed by atoms with Gasteiger partial charge >= 0.3 is 0 Å². The Hall–Kier alpha value is -0.610. The molecule has 2 nitrogen and oxygen atoms in total. The number of hydrogen-bond donors (Lipinski definition) is 1. The van der Waals surface area contributed by atoms with Gasteiger partial charge in [-0.1, -0.05) is 29.8 Å². The Balaban J connectivity index is 2.15. The first-order valence-electron chi connectivity index (χ1n) is 6.99. The van der Waals surface area contributed by atoms with Crippen molar-refractivity contribution in [3.8, 4) is 0 Å². The fraction of sp³-hybridized carbons (Fsp3) is 0.600. The predicted octanol–water partition coefficient (Wildman–Crippen LogP) is 3.80. The van der Waals surface area contributed by atoms with Gasteiger partial charge in [-0.3, -0.25) is 0 Å². The van der Waals surface area contributed by atoms with E-state index in [0.29, 0.717) is 17.6 Å². The Kier molecular flexibility index (Phi) is 5.22. The maximum Gasteiger partial charge on any atom is 0.146 e. The van der Waals surface area contributed by atoms with Gasteiger partial charge in [0, 0.05) is 23.6 Å². The van der Waals surface area contributed by atoms with Crippen molar-refractivity contribution in [2.75, 3.05) is 24.5 Å². The molecule has 1 aliphatic rings. The van der Waals surface area contributed by atoms with Crippen LogP contribution in [-0.4, -0.2) is 25.7 Å². The summed E-state index contributed by atoms with van der Waals surface area (Å²) in [6.45, 7) is 7.28. The molecule has 0 spiro atoms. The van der Waals surface area contributed by atoms with E-state index in [9.17, 15) is 4.39 Å². The molecule has 1 atom stereocenters. The second kappa shape index (κ2) is 6.71. The van der Waals surface area contributed by atoms with Crippen molar-refractivity contribution >= 4 is 21.6 Å². The number of rotatable bonds is 3. The van der Waals surface area contributed by atoms with Crippen molar-refractivity contribution in [3.05, 3.63) is 28.5 Å². The minimum Gasteiger partial charge on any atom is -0.368 e. The highest BCUT2D eigenvalue weighted by Gasteiger charge is 2.20. The first-order valence-corrected chi connectivity index (χ1v) is 7.79. The highest BCUT2D eigenvalue weighted by Crippen LogP contribution is 2.25. The third-order valence-electron chi connectivity index (χ3n) is 3.48. The molecule has 0 radical (unpaired) electrons. The first-order chi connectivity index (χ1) is 9.06. The van der Waals surface area contributed by atoms with Crippen LogP contribution in [0.25, 0.3) is 0 Å². The molecular formula is C15H22BrFN2. The molecule has 1 heterocycles. The highest BCUT2D eigenvalue weighted by atomic mass is 79.9. The molecule has 0 aromatic heterocycles. The van der Waals surface area contributed by atoms with Crippen molar-refractivity contribution < 1.29 is 4.39 Å². The fourth-order valence-electron chi connectivity index (χ4n) is 2.67. The topological polar surface area (TPSA) is 15.3 Å². The van der Waals surface area contributed by atoms with E-state index < -0.39 is 0 Å². The lowest BCUT2D eigenvalue weighted by molar-refractivity contribution is 0.435. The molecule has 0 aliphatic carbocycles. The third kappa shape index (κ3) is 4.18. The first kappa shape index (κ1) is 14.8. The Morgan fingerprint density at radius 3 is 3.00 bits per heavy atom. The largest absolute Gasteiger partial charge is 0.368 e. The Bertz CT molecular complexity index is 423. The molecule has 4 heteroatoms. The molecule has 1 aromatic carbocycles. The Morgan fingerprint density at radius 2 is 2.26 bits per heavy atom. The Labute approximate surface area is 123 Å². The summed E-state index contributed by atoms with van der Waals surface area (Å²) in [5.41, 5.74) is 0.715. The summed E-state index contributed by atoms with van der Waals surface area (Å²) in [7, 11) is 0. The van der Waals surface area contributed by atoms with E-state index in [-0.39, 0.29) is 5.82 Å². The van der Waals surface area contributed by atoms with Crippen molar-refractivity contribution in [1.29, 1.82) is 0 Å². The van der Waals surface area contributed by atoms with E-state index in [1.54, 1.807) is 6.07 Å². The molecule has 1 N–H and O–H groups in total. The molecule has 2 rings (SSSR count). The van der Waals surface area contributed by atoms with Crippen LogP contribution >= 0.6 is 15.9 Å². The number of nitrogens with zero attached hydrogens (tertiary/aromatic N) is 1. The van der Waals surface area contributed by atoms with Crippen molar-refractivity contribution in [1.82, 2.24) is 5.32 Å². The number of nitrogens with one attached hydrogen (secondary N) is 1. The van der Waals surface area contributed by atoms with Gasteiger partial charge in [0.05, 0.1) is 5.69 Å². The Morgan fingerprint density at radius 1 is 1.47 bits per heavy atom. The normalized spacial score (nSPS) is 20.7. The molecule has 1 aromatic rings. The van der Waals surface area contributed by atoms with Gasteiger partial charge in [0.15, 0.2) is 0 Å². The van der Waals surface area contributed by atoms with Crippen molar-refractivity contribution in [3.63, 3.8) is 0 Å². The van der Waals surface area contributed by atoms with Gasteiger partial charge < -0.3 is 10.2 Å². The van der Waals surface area contributed by atoms with Crippen LogP contribution in [0.3, 0.4) is 0 Å². The summed E-state index contributed by atoms with van der Waals surface area (Å²) in [5.74, 6) is 0.526. The third-order valence-corrected chi connectivity index (χ3v) is 3.98. The molecule has 0 bridgehead atoms. The van der Waals surface area contributed by atoms with Crippen LogP contribution < -0.4 is 10.2 Å². The number of halogens is 2. The van der Waals surface area contributed by atoms with Crippen LogP contribution in [0, 0.1) is 11.7 Å². The minimum atomic E-state index is -0.131. The maximum atomic E-state index is 14.0. The van der Waals surface area contributed by atoms with Crippen molar-refractivity contribution in [2.45, 2.75) is 32.7 Å². The van der Waals surface area contributed by atoms with E-state index in [1.165, 1.54) is 6.07 Å². The van der Waals surface area contributed by atoms with Crippen LogP contribution in [0.4, 0.5) is 10.1 Å². The standard InChI is InChI=1S/C15H22BrFN2/c1-11(2)8-13-10-19(7-3-6-18-13)15-9-12(16)4-5-14(15)17/h4-5,9,11,13,18H,3,6-8,10H2,1-2H3. The van der Waals surface area contributed by atoms with Gasteiger partial charge in [0.2, 0.25) is 0 Å². The van der Waals surface area contributed by atoms with Crippen LogP contribution in [-0.2, 0) is 0 Å². The average molecular weight is 329 g/mol. The molecule has 1 saturated heterocycles. The van der Waals surface area contributed by atoms with Crippen molar-refractivity contribution in [2.24, 2.45) is 5.92 Å². The molecular weight excluding hydrogens is 307 g/mol. The van der Waals surface area contributed by atoms with Crippen LogP contribution in [0.2, 0.25) is 0 Å². The molecule has 19 heavy (non-hydrogen) atoms. The monoisotopic (exact) mass is 328 g/mol. The molecule has 1 unspecified atom stereocenters. The number of hydrogen-bond acceptors (Lipinski definition) is 2. The summed E-state index contributed by atoms with van der Waals surface area (Å²) in [4.78, 5) is 2.17. The van der Waals surface area contributed by atoms with E-state index in [1.807, 2.05) is 6.07 Å². The maximum absolute atomic E-state index is 14.0. The number of anilines is 1. The van der Waals surface area contributed by atoms with E-state index in [4.69, 9.17) is 0 Å². The lowest BCUT2D eigenvalue weighted by atomic mass is 10.0. The van der Waals surface area contributed by atoms with E-state index in [0.717, 1.165) is 36.9 Å². The molecule has 1 aliphatic heterocycles. The van der Waals surface area contributed by atoms with Gasteiger partial charge in [-0.2, -0.15) is 0 Å². The molecule has 0 saturated carbocycles. The predicted molar refractivity (Wildman–Crippen MR) is 82.2 cm³/mol. The summed E-state index contributed by atoms with van der Waals surface area (Å²) in [6, 6.07) is 5.61. The quantitative estimate of drug-likeness (QED) is 0.907. The zero-order valence-electron chi connectivity index (χ0n) is 11.6. The lowest BCUT2D eigenvalue weighted by Gasteiger charge is -2.27. The SMILES string of the molecule is CC(C)CC1CN(c2cc(Br)ccc2F)CCCN1. The summed E-state index contributed by atoms with van der Waals surface area (Å²) < 4.78 is 14.9. The molecule has 0 amide bonds. The smallest absolute Gasteiger partial charge is 0.146 e. The second-order valence-electron chi connectivity index (χ2n) is 5.68. The minimum absolute atomic E-state index is 0.131. The zero-order chi connectivity index (χ0) is 13.8. The highest BCUT2D eigenvalue weighted by molar-refractivity contribution is 9.10. The average Bonchev–Trinajstić information content (AvgIpc) is 2.57. The van der Waals surface area contributed by atoms with E-state index >= 15 is 0 Å². The van der Waals surface area contributed by atoms with Crippen LogP contribution in [0.15, 0.2) is 22.7 Å². The van der Waals surface area contributed by atoms with Gasteiger partial charge in [-0.25, -0.2) is 4.39 Å². The lowest BCUT2D eigenvalue weighted by Crippen LogP contribution is -2.38. The summed E-state index contributed by atoms with van der Waals surface area (Å²) >= 11 is 3.43. The van der Waals surface area contributed by atoms with E-state index in [2.05, 4.69) is 40.0 Å². The van der Waals surface area contributed by atoms with Crippen LogP contribution in [0.1, 0.15) is 26.7 Å². The number of benzene rings is 1. The summed E-state index contributed by atoms with van der Waals surface area (Å²) in [6.07, 6.45) is 2.19.